The number of nitrogens with zero attached hydrogens (tertiary/aromatic N) is 4. The van der Waals surface area contributed by atoms with Crippen LogP contribution >= 0.6 is 11.3 Å². The van der Waals surface area contributed by atoms with E-state index in [4.69, 9.17) is 0 Å². The molecule has 0 unspecified atom stereocenters. The van der Waals surface area contributed by atoms with Crippen molar-refractivity contribution in [3.05, 3.63) is 28.8 Å². The molecule has 7 heteroatoms. The van der Waals surface area contributed by atoms with E-state index in [2.05, 4.69) is 9.97 Å². The third-order valence-corrected chi connectivity index (χ3v) is 4.60. The average Bonchev–Trinajstić information content (AvgIpc) is 3.02. The number of carbonyl (C=O) groups is 1. The molecule has 0 atom stereocenters. The lowest BCUT2D eigenvalue weighted by molar-refractivity contribution is 0.0700. The second kappa shape index (κ2) is 4.90. The molecule has 0 aromatic carbocycles. The van der Waals surface area contributed by atoms with E-state index in [1.54, 1.807) is 6.20 Å². The highest BCUT2D eigenvalue weighted by atomic mass is 32.1. The minimum atomic E-state index is -0.874. The Balaban J connectivity index is 1.84. The van der Waals surface area contributed by atoms with Crippen LogP contribution in [0.2, 0.25) is 0 Å². The largest absolute Gasteiger partial charge is 0.477 e. The Kier molecular flexibility index (Phi) is 3.21. The van der Waals surface area contributed by atoms with E-state index in [1.807, 2.05) is 29.8 Å². The zero-order valence-electron chi connectivity index (χ0n) is 11.4. The fourth-order valence-electron chi connectivity index (χ4n) is 2.10. The van der Waals surface area contributed by atoms with Gasteiger partial charge < -0.3 is 14.6 Å². The Morgan fingerprint density at radius 2 is 2.35 bits per heavy atom. The molecule has 1 fully saturated rings. The molecule has 0 radical (unpaired) electrons. The van der Waals surface area contributed by atoms with Crippen molar-refractivity contribution in [3.63, 3.8) is 0 Å². The van der Waals surface area contributed by atoms with Gasteiger partial charge in [0.25, 0.3) is 0 Å². The van der Waals surface area contributed by atoms with Crippen LogP contribution in [0.4, 0.5) is 5.13 Å². The summed E-state index contributed by atoms with van der Waals surface area (Å²) in [6.45, 7) is 0.611. The third-order valence-electron chi connectivity index (χ3n) is 3.43. The SMILES string of the molecule is CN(Cc1nccn1C)c1nc(C2CC2)c(C(=O)O)s1. The van der Waals surface area contributed by atoms with E-state index in [-0.39, 0.29) is 0 Å². The first-order valence-corrected chi connectivity index (χ1v) is 7.29. The van der Waals surface area contributed by atoms with Crippen LogP contribution < -0.4 is 4.90 Å². The maximum absolute atomic E-state index is 11.3. The second-order valence-corrected chi connectivity index (χ2v) is 6.08. The van der Waals surface area contributed by atoms with Gasteiger partial charge in [-0.1, -0.05) is 11.3 Å². The highest BCUT2D eigenvalue weighted by Crippen LogP contribution is 2.44. The fourth-order valence-corrected chi connectivity index (χ4v) is 3.05. The quantitative estimate of drug-likeness (QED) is 0.913. The molecular formula is C13H16N4O2S. The first-order valence-electron chi connectivity index (χ1n) is 6.47. The van der Waals surface area contributed by atoms with Crippen LogP contribution in [0.5, 0.6) is 0 Å². The van der Waals surface area contributed by atoms with Gasteiger partial charge in [0, 0.05) is 32.4 Å². The Bertz CT molecular complexity index is 645. The van der Waals surface area contributed by atoms with Gasteiger partial charge in [0.1, 0.15) is 10.7 Å². The van der Waals surface area contributed by atoms with E-state index in [0.717, 1.165) is 29.5 Å². The van der Waals surface area contributed by atoms with Crippen molar-refractivity contribution in [3.8, 4) is 0 Å². The maximum atomic E-state index is 11.3. The highest BCUT2D eigenvalue weighted by Gasteiger charge is 2.32. The van der Waals surface area contributed by atoms with E-state index in [9.17, 15) is 9.90 Å². The molecule has 0 aliphatic heterocycles. The minimum Gasteiger partial charge on any atom is -0.477 e. The van der Waals surface area contributed by atoms with Crippen LogP contribution in [0.15, 0.2) is 12.4 Å². The van der Waals surface area contributed by atoms with Crippen molar-refractivity contribution < 1.29 is 9.90 Å². The lowest BCUT2D eigenvalue weighted by Crippen LogP contribution is -2.18. The Morgan fingerprint density at radius 1 is 1.60 bits per heavy atom. The molecule has 0 saturated heterocycles. The number of thiazole rings is 1. The van der Waals surface area contributed by atoms with Gasteiger partial charge in [-0.3, -0.25) is 0 Å². The van der Waals surface area contributed by atoms with Crippen molar-refractivity contribution in [2.75, 3.05) is 11.9 Å². The number of carboxylic acids is 1. The first kappa shape index (κ1) is 13.1. The summed E-state index contributed by atoms with van der Waals surface area (Å²) in [6, 6.07) is 0. The van der Waals surface area contributed by atoms with Crippen molar-refractivity contribution in [2.24, 2.45) is 7.05 Å². The van der Waals surface area contributed by atoms with Crippen molar-refractivity contribution >= 4 is 22.4 Å². The zero-order chi connectivity index (χ0) is 14.3. The average molecular weight is 292 g/mol. The topological polar surface area (TPSA) is 71.2 Å². The molecule has 1 aliphatic rings. The van der Waals surface area contributed by atoms with Crippen LogP contribution in [-0.4, -0.2) is 32.7 Å². The molecule has 1 aliphatic carbocycles. The van der Waals surface area contributed by atoms with Crippen LogP contribution in [0.25, 0.3) is 0 Å². The van der Waals surface area contributed by atoms with Gasteiger partial charge in [-0.05, 0) is 12.8 Å². The summed E-state index contributed by atoms with van der Waals surface area (Å²) in [5.74, 6) is 0.390. The molecule has 0 bridgehead atoms. The number of aryl methyl sites for hydroxylation is 1. The van der Waals surface area contributed by atoms with Crippen LogP contribution in [0.3, 0.4) is 0 Å². The van der Waals surface area contributed by atoms with Crippen molar-refractivity contribution in [1.29, 1.82) is 0 Å². The predicted molar refractivity (Wildman–Crippen MR) is 76.4 cm³/mol. The Hall–Kier alpha value is -1.89. The standard InChI is InChI=1S/C13H16N4O2S/c1-16-6-5-14-9(16)7-17(2)13-15-10(8-3-4-8)11(20-13)12(18)19/h5-6,8H,3-4,7H2,1-2H3,(H,18,19). The van der Waals surface area contributed by atoms with Crippen LogP contribution in [0.1, 0.15) is 39.9 Å². The Morgan fingerprint density at radius 3 is 2.90 bits per heavy atom. The van der Waals surface area contributed by atoms with Crippen molar-refractivity contribution in [2.45, 2.75) is 25.3 Å². The van der Waals surface area contributed by atoms with Gasteiger partial charge in [0.2, 0.25) is 0 Å². The first-order chi connectivity index (χ1) is 9.56. The molecule has 0 spiro atoms. The monoisotopic (exact) mass is 292 g/mol. The number of imidazole rings is 1. The number of hydrogen-bond donors (Lipinski definition) is 1. The second-order valence-electron chi connectivity index (χ2n) is 5.10. The fraction of sp³-hybridized carbons (Fsp3) is 0.462. The van der Waals surface area contributed by atoms with Gasteiger partial charge in [0.15, 0.2) is 5.13 Å². The lowest BCUT2D eigenvalue weighted by Gasteiger charge is -2.15. The molecule has 0 amide bonds. The molecule has 1 N–H and O–H groups in total. The molecule has 20 heavy (non-hydrogen) atoms. The predicted octanol–water partition coefficient (Wildman–Crippen LogP) is 2.09. The number of hydrogen-bond acceptors (Lipinski definition) is 5. The molecular weight excluding hydrogens is 276 g/mol. The molecule has 2 aromatic rings. The van der Waals surface area contributed by atoms with E-state index >= 15 is 0 Å². The van der Waals surface area contributed by atoms with Gasteiger partial charge >= 0.3 is 5.97 Å². The maximum Gasteiger partial charge on any atom is 0.347 e. The summed E-state index contributed by atoms with van der Waals surface area (Å²) in [6.07, 6.45) is 5.74. The number of carboxylic acid groups (broad SMARTS) is 1. The number of aromatic nitrogens is 3. The van der Waals surface area contributed by atoms with Gasteiger partial charge in [-0.15, -0.1) is 0 Å². The molecule has 2 aromatic heterocycles. The normalized spacial score (nSPS) is 14.5. The molecule has 1 saturated carbocycles. The number of rotatable bonds is 5. The van der Waals surface area contributed by atoms with Crippen LogP contribution in [0, 0.1) is 0 Å². The molecule has 2 heterocycles. The summed E-state index contributed by atoms with van der Waals surface area (Å²) in [4.78, 5) is 22.4. The van der Waals surface area contributed by atoms with Crippen LogP contribution in [-0.2, 0) is 13.6 Å². The molecule has 106 valence electrons. The lowest BCUT2D eigenvalue weighted by atomic mass is 10.2. The molecule has 3 rings (SSSR count). The van der Waals surface area contributed by atoms with Gasteiger partial charge in [-0.2, -0.15) is 0 Å². The minimum absolute atomic E-state index is 0.340. The third kappa shape index (κ3) is 2.40. The number of anilines is 1. The summed E-state index contributed by atoms with van der Waals surface area (Å²) in [5.41, 5.74) is 0.754. The Labute approximate surface area is 120 Å². The van der Waals surface area contributed by atoms with Crippen molar-refractivity contribution in [1.82, 2.24) is 14.5 Å². The van der Waals surface area contributed by atoms with Gasteiger partial charge in [-0.25, -0.2) is 14.8 Å². The summed E-state index contributed by atoms with van der Waals surface area (Å²) in [7, 11) is 3.85. The highest BCUT2D eigenvalue weighted by molar-refractivity contribution is 7.17. The zero-order valence-corrected chi connectivity index (χ0v) is 12.2. The van der Waals surface area contributed by atoms with E-state index < -0.39 is 5.97 Å². The summed E-state index contributed by atoms with van der Waals surface area (Å²) >= 11 is 1.25. The van der Waals surface area contributed by atoms with E-state index in [0.29, 0.717) is 17.3 Å². The smallest absolute Gasteiger partial charge is 0.347 e. The van der Waals surface area contributed by atoms with E-state index in [1.165, 1.54) is 11.3 Å². The summed E-state index contributed by atoms with van der Waals surface area (Å²) in [5, 5.41) is 10.0. The summed E-state index contributed by atoms with van der Waals surface area (Å²) < 4.78 is 1.95. The number of aromatic carboxylic acids is 1. The van der Waals surface area contributed by atoms with Gasteiger partial charge in [0.05, 0.1) is 12.2 Å². The molecule has 6 nitrogen and oxygen atoms in total.